The van der Waals surface area contributed by atoms with Gasteiger partial charge in [-0.25, -0.2) is 0 Å². The molecule has 59 heavy (non-hydrogen) atoms. The van der Waals surface area contributed by atoms with Gasteiger partial charge in [0.15, 0.2) is 0 Å². The minimum Gasteiger partial charge on any atom is -0.310 e. The highest BCUT2D eigenvalue weighted by Crippen LogP contribution is 2.63. The van der Waals surface area contributed by atoms with Crippen LogP contribution in [0.2, 0.25) is 0 Å². The third-order valence-electron chi connectivity index (χ3n) is 13.0. The molecule has 0 heterocycles. The molecule has 280 valence electrons. The first-order chi connectivity index (χ1) is 29.0. The van der Waals surface area contributed by atoms with Crippen LogP contribution in [0.5, 0.6) is 0 Å². The Kier molecular flexibility index (Phi) is 8.13. The Morgan fingerprint density at radius 3 is 1.19 bits per heavy atom. The maximum Gasteiger partial charge on any atom is 0.0720 e. The molecule has 9 aromatic carbocycles. The third-order valence-corrected chi connectivity index (χ3v) is 13.0. The second kappa shape index (κ2) is 13.7. The second-order valence-electron chi connectivity index (χ2n) is 16.5. The standard InChI is InChI=1S/C58H43N/c1-57(2)52-24-13-14-25-53(52)58(50-22-11-9-20-48(50)49-21-10-12-23-51(49)58)54-26-15-27-55(56(54)57)59(46-18-7-4-8-19-46)47-38-36-45(37-39-47)44-34-32-43(33-35-44)42-30-28-41(29-31-42)40-16-5-3-6-17-40/h3-39H,1-2H3. The molecule has 1 nitrogen and oxygen atoms in total. The van der Waals surface area contributed by atoms with Gasteiger partial charge in [0.25, 0.3) is 0 Å². The van der Waals surface area contributed by atoms with E-state index in [0.29, 0.717) is 0 Å². The second-order valence-corrected chi connectivity index (χ2v) is 16.5. The lowest BCUT2D eigenvalue weighted by atomic mass is 9.55. The van der Waals surface area contributed by atoms with Crippen molar-refractivity contribution in [1.82, 2.24) is 0 Å². The number of para-hydroxylation sites is 1. The van der Waals surface area contributed by atoms with Crippen molar-refractivity contribution in [3.63, 3.8) is 0 Å². The Morgan fingerprint density at radius 1 is 0.288 bits per heavy atom. The highest BCUT2D eigenvalue weighted by atomic mass is 15.1. The van der Waals surface area contributed by atoms with E-state index in [1.54, 1.807) is 0 Å². The molecule has 0 bridgehead atoms. The van der Waals surface area contributed by atoms with E-state index in [0.717, 1.165) is 11.4 Å². The molecule has 0 N–H and O–H groups in total. The average molecular weight is 754 g/mol. The molecule has 0 aliphatic heterocycles. The van der Waals surface area contributed by atoms with Crippen molar-refractivity contribution in [2.75, 3.05) is 4.90 Å². The van der Waals surface area contributed by atoms with Gasteiger partial charge in [0.1, 0.15) is 0 Å². The quantitative estimate of drug-likeness (QED) is 0.163. The van der Waals surface area contributed by atoms with E-state index < -0.39 is 5.41 Å². The predicted molar refractivity (Wildman–Crippen MR) is 247 cm³/mol. The SMILES string of the molecule is CC1(C)c2ccccc2C2(c3ccccc3-c3ccccc32)c2cccc(N(c3ccccc3)c3ccc(-c4ccc(-c5ccc(-c6ccccc6)cc5)cc4)cc3)c21. The summed E-state index contributed by atoms with van der Waals surface area (Å²) in [6, 6.07) is 82.7. The Hall–Kier alpha value is -7.22. The van der Waals surface area contributed by atoms with Crippen LogP contribution in [0.15, 0.2) is 224 Å². The van der Waals surface area contributed by atoms with Gasteiger partial charge in [-0.2, -0.15) is 0 Å². The summed E-state index contributed by atoms with van der Waals surface area (Å²) in [5.74, 6) is 0. The number of nitrogens with zero attached hydrogens (tertiary/aromatic N) is 1. The van der Waals surface area contributed by atoms with Crippen molar-refractivity contribution in [2.24, 2.45) is 0 Å². The molecular formula is C58H43N. The molecule has 0 unspecified atom stereocenters. The zero-order chi connectivity index (χ0) is 39.6. The topological polar surface area (TPSA) is 3.24 Å². The zero-order valence-electron chi connectivity index (χ0n) is 33.3. The molecule has 1 spiro atoms. The van der Waals surface area contributed by atoms with Crippen LogP contribution in [0.3, 0.4) is 0 Å². The van der Waals surface area contributed by atoms with E-state index in [9.17, 15) is 0 Å². The smallest absolute Gasteiger partial charge is 0.0720 e. The summed E-state index contributed by atoms with van der Waals surface area (Å²) in [7, 11) is 0. The van der Waals surface area contributed by atoms with E-state index >= 15 is 0 Å². The number of benzene rings is 9. The molecular weight excluding hydrogens is 711 g/mol. The minimum atomic E-state index is -0.451. The largest absolute Gasteiger partial charge is 0.310 e. The van der Waals surface area contributed by atoms with Crippen molar-refractivity contribution < 1.29 is 0 Å². The van der Waals surface area contributed by atoms with Crippen molar-refractivity contribution >= 4 is 17.1 Å². The predicted octanol–water partition coefficient (Wildman–Crippen LogP) is 15.2. The zero-order valence-corrected chi connectivity index (χ0v) is 33.3. The van der Waals surface area contributed by atoms with Gasteiger partial charge in [-0.1, -0.05) is 208 Å². The molecule has 0 saturated heterocycles. The lowest BCUT2D eigenvalue weighted by molar-refractivity contribution is 0.564. The Morgan fingerprint density at radius 2 is 0.661 bits per heavy atom. The van der Waals surface area contributed by atoms with Crippen LogP contribution < -0.4 is 4.90 Å². The molecule has 0 saturated carbocycles. The van der Waals surface area contributed by atoms with Gasteiger partial charge < -0.3 is 4.90 Å². The summed E-state index contributed by atoms with van der Waals surface area (Å²) >= 11 is 0. The van der Waals surface area contributed by atoms with Crippen LogP contribution in [0.4, 0.5) is 17.1 Å². The van der Waals surface area contributed by atoms with Crippen molar-refractivity contribution in [3.05, 3.63) is 258 Å². The maximum absolute atomic E-state index is 2.47. The summed E-state index contributed by atoms with van der Waals surface area (Å²) < 4.78 is 0. The summed E-state index contributed by atoms with van der Waals surface area (Å²) in [5, 5.41) is 0. The van der Waals surface area contributed by atoms with E-state index in [1.807, 2.05) is 0 Å². The van der Waals surface area contributed by atoms with Crippen LogP contribution in [0.25, 0.3) is 44.5 Å². The first kappa shape index (κ1) is 35.0. The van der Waals surface area contributed by atoms with Gasteiger partial charge in [0, 0.05) is 16.8 Å². The molecule has 9 aromatic rings. The fraction of sp³-hybridized carbons (Fsp3) is 0.0690. The molecule has 1 heteroatoms. The normalized spacial score (nSPS) is 13.9. The van der Waals surface area contributed by atoms with Gasteiger partial charge >= 0.3 is 0 Å². The fourth-order valence-electron chi connectivity index (χ4n) is 10.3. The Labute approximate surface area is 347 Å². The number of fused-ring (bicyclic) bond motifs is 9. The van der Waals surface area contributed by atoms with E-state index in [-0.39, 0.29) is 5.41 Å². The number of anilines is 3. The van der Waals surface area contributed by atoms with Crippen LogP contribution in [0, 0.1) is 0 Å². The third kappa shape index (κ3) is 5.39. The van der Waals surface area contributed by atoms with Crippen LogP contribution >= 0.6 is 0 Å². The van der Waals surface area contributed by atoms with Crippen molar-refractivity contribution in [3.8, 4) is 44.5 Å². The molecule has 0 radical (unpaired) electrons. The average Bonchev–Trinajstić information content (AvgIpc) is 3.60. The van der Waals surface area contributed by atoms with Gasteiger partial charge in [0.05, 0.1) is 11.1 Å². The number of hydrogen-bond acceptors (Lipinski definition) is 1. The first-order valence-corrected chi connectivity index (χ1v) is 20.7. The molecule has 0 fully saturated rings. The Bertz CT molecular complexity index is 2930. The summed E-state index contributed by atoms with van der Waals surface area (Å²) in [5.41, 5.74) is 20.8. The van der Waals surface area contributed by atoms with Crippen molar-refractivity contribution in [1.29, 1.82) is 0 Å². The van der Waals surface area contributed by atoms with Crippen LogP contribution in [-0.4, -0.2) is 0 Å². The monoisotopic (exact) mass is 753 g/mol. The van der Waals surface area contributed by atoms with Gasteiger partial charge in [0.2, 0.25) is 0 Å². The van der Waals surface area contributed by atoms with E-state index in [1.165, 1.54) is 83.6 Å². The highest BCUT2D eigenvalue weighted by Gasteiger charge is 2.54. The molecule has 0 atom stereocenters. The van der Waals surface area contributed by atoms with Gasteiger partial charge in [-0.15, -0.1) is 0 Å². The number of rotatable bonds is 6. The molecule has 2 aliphatic carbocycles. The summed E-state index contributed by atoms with van der Waals surface area (Å²) in [4.78, 5) is 2.47. The van der Waals surface area contributed by atoms with Gasteiger partial charge in [-0.3, -0.25) is 0 Å². The first-order valence-electron chi connectivity index (χ1n) is 20.7. The molecule has 0 amide bonds. The van der Waals surface area contributed by atoms with Crippen molar-refractivity contribution in [2.45, 2.75) is 24.7 Å². The number of hydrogen-bond donors (Lipinski definition) is 0. The molecule has 2 aliphatic rings. The van der Waals surface area contributed by atoms with Crippen LogP contribution in [0.1, 0.15) is 47.2 Å². The lowest BCUT2D eigenvalue weighted by Gasteiger charge is -2.48. The van der Waals surface area contributed by atoms with Gasteiger partial charge in [-0.05, 0) is 108 Å². The molecule has 11 rings (SSSR count). The lowest BCUT2D eigenvalue weighted by Crippen LogP contribution is -2.41. The maximum atomic E-state index is 2.47. The fourth-order valence-corrected chi connectivity index (χ4v) is 10.3. The Balaban J connectivity index is 1.02. The van der Waals surface area contributed by atoms with E-state index in [2.05, 4.69) is 243 Å². The molecule has 0 aromatic heterocycles. The van der Waals surface area contributed by atoms with Crippen LogP contribution in [-0.2, 0) is 10.8 Å². The summed E-state index contributed by atoms with van der Waals surface area (Å²) in [6.07, 6.45) is 0. The van der Waals surface area contributed by atoms with E-state index in [4.69, 9.17) is 0 Å². The minimum absolute atomic E-state index is 0.295. The highest BCUT2D eigenvalue weighted by molar-refractivity contribution is 5.91. The summed E-state index contributed by atoms with van der Waals surface area (Å²) in [6.45, 7) is 4.84.